The molecule has 3 nitrogen and oxygen atoms in total. The monoisotopic (exact) mass is 495 g/mol. The molecule has 5 heteroatoms. The van der Waals surface area contributed by atoms with E-state index in [0.29, 0.717) is 18.7 Å². The summed E-state index contributed by atoms with van der Waals surface area (Å²) in [4.78, 5) is 6.96. The van der Waals surface area contributed by atoms with Crippen molar-refractivity contribution in [3.8, 4) is 11.4 Å². The number of unbranched alkanes of at least 4 members (excludes halogenated alkanes) is 1. The van der Waals surface area contributed by atoms with Crippen LogP contribution in [0.3, 0.4) is 0 Å². The molecule has 0 bridgehead atoms. The van der Waals surface area contributed by atoms with Crippen LogP contribution in [0.1, 0.15) is 36.6 Å². The number of hydrogen-bond acceptors (Lipinski definition) is 2. The van der Waals surface area contributed by atoms with Gasteiger partial charge in [0.15, 0.2) is 11.6 Å². The number of benzene rings is 4. The third-order valence-electron chi connectivity index (χ3n) is 6.79. The SMILES string of the molecule is CCCCn1c(CN(Cc2cccc(F)c2F)Cc2cccc3ccccc23)cnc1-c1ccccc1. The van der Waals surface area contributed by atoms with Crippen molar-refractivity contribution in [2.45, 2.75) is 45.9 Å². The summed E-state index contributed by atoms with van der Waals surface area (Å²) in [6.45, 7) is 4.47. The van der Waals surface area contributed by atoms with Crippen LogP contribution in [0.2, 0.25) is 0 Å². The van der Waals surface area contributed by atoms with Crippen LogP contribution in [0.15, 0.2) is 97.2 Å². The van der Waals surface area contributed by atoms with E-state index in [-0.39, 0.29) is 6.54 Å². The zero-order valence-corrected chi connectivity index (χ0v) is 21.1. The van der Waals surface area contributed by atoms with Gasteiger partial charge in [-0.1, -0.05) is 98.3 Å². The van der Waals surface area contributed by atoms with E-state index < -0.39 is 11.6 Å². The molecule has 0 unspecified atom stereocenters. The standard InChI is InChI=1S/C32H31F2N3/c1-2-3-19-37-28(20-35-32(37)25-12-5-4-6-13-25)23-36(22-27-16-10-18-30(33)31(27)34)21-26-15-9-14-24-11-7-8-17-29(24)26/h4-18,20H,2-3,19,21-23H2,1H3. The van der Waals surface area contributed by atoms with Gasteiger partial charge in [-0.3, -0.25) is 4.90 Å². The van der Waals surface area contributed by atoms with Crippen molar-refractivity contribution in [2.24, 2.45) is 0 Å². The van der Waals surface area contributed by atoms with Gasteiger partial charge in [-0.15, -0.1) is 0 Å². The third kappa shape index (κ3) is 5.62. The van der Waals surface area contributed by atoms with E-state index in [1.54, 1.807) is 12.1 Å². The van der Waals surface area contributed by atoms with Crippen molar-refractivity contribution in [2.75, 3.05) is 0 Å². The first-order valence-corrected chi connectivity index (χ1v) is 12.9. The van der Waals surface area contributed by atoms with Gasteiger partial charge in [0.05, 0.1) is 11.9 Å². The van der Waals surface area contributed by atoms with Crippen molar-refractivity contribution >= 4 is 10.8 Å². The van der Waals surface area contributed by atoms with Crippen LogP contribution < -0.4 is 0 Å². The molecule has 37 heavy (non-hydrogen) atoms. The van der Waals surface area contributed by atoms with E-state index in [4.69, 9.17) is 4.98 Å². The highest BCUT2D eigenvalue weighted by atomic mass is 19.2. The molecule has 5 aromatic rings. The van der Waals surface area contributed by atoms with Crippen molar-refractivity contribution in [1.29, 1.82) is 0 Å². The Balaban J connectivity index is 1.52. The molecule has 0 radical (unpaired) electrons. The first-order chi connectivity index (χ1) is 18.1. The Bertz CT molecular complexity index is 1470. The molecule has 0 saturated heterocycles. The van der Waals surface area contributed by atoms with Crippen molar-refractivity contribution < 1.29 is 8.78 Å². The molecule has 1 aromatic heterocycles. The molecular formula is C32H31F2N3. The van der Waals surface area contributed by atoms with Gasteiger partial charge in [0.25, 0.3) is 0 Å². The molecule has 5 rings (SSSR count). The van der Waals surface area contributed by atoms with Crippen molar-refractivity contribution in [1.82, 2.24) is 14.5 Å². The Morgan fingerprint density at radius 3 is 2.30 bits per heavy atom. The quantitative estimate of drug-likeness (QED) is 0.196. The molecule has 0 fully saturated rings. The summed E-state index contributed by atoms with van der Waals surface area (Å²) in [5, 5.41) is 2.33. The maximum absolute atomic E-state index is 14.7. The summed E-state index contributed by atoms with van der Waals surface area (Å²) >= 11 is 0. The van der Waals surface area contributed by atoms with Crippen molar-refractivity contribution in [3.63, 3.8) is 0 Å². The third-order valence-corrected chi connectivity index (χ3v) is 6.79. The lowest BCUT2D eigenvalue weighted by Crippen LogP contribution is -2.25. The highest BCUT2D eigenvalue weighted by Gasteiger charge is 2.18. The Hall–Kier alpha value is -3.83. The zero-order valence-electron chi connectivity index (χ0n) is 21.1. The molecule has 0 aliphatic rings. The Morgan fingerprint density at radius 1 is 0.757 bits per heavy atom. The van der Waals surface area contributed by atoms with Gasteiger partial charge in [-0.2, -0.15) is 0 Å². The predicted molar refractivity (Wildman–Crippen MR) is 146 cm³/mol. The molecular weight excluding hydrogens is 464 g/mol. The number of nitrogens with zero attached hydrogens (tertiary/aromatic N) is 3. The van der Waals surface area contributed by atoms with Gasteiger partial charge in [-0.05, 0) is 28.8 Å². The second-order valence-corrected chi connectivity index (χ2v) is 9.44. The summed E-state index contributed by atoms with van der Waals surface area (Å²) in [7, 11) is 0. The number of hydrogen-bond donors (Lipinski definition) is 0. The summed E-state index contributed by atoms with van der Waals surface area (Å²) in [6.07, 6.45) is 4.03. The lowest BCUT2D eigenvalue weighted by Gasteiger charge is -2.25. The molecule has 188 valence electrons. The average molecular weight is 496 g/mol. The van der Waals surface area contributed by atoms with Crippen LogP contribution in [0, 0.1) is 11.6 Å². The highest BCUT2D eigenvalue weighted by Crippen LogP contribution is 2.25. The fraction of sp³-hybridized carbons (Fsp3) is 0.219. The molecule has 0 amide bonds. The molecule has 0 saturated carbocycles. The topological polar surface area (TPSA) is 21.1 Å². The van der Waals surface area contributed by atoms with Gasteiger partial charge in [0, 0.05) is 37.3 Å². The van der Waals surface area contributed by atoms with E-state index >= 15 is 0 Å². The smallest absolute Gasteiger partial charge is 0.163 e. The highest BCUT2D eigenvalue weighted by molar-refractivity contribution is 5.85. The van der Waals surface area contributed by atoms with E-state index in [2.05, 4.69) is 58.9 Å². The first kappa shape index (κ1) is 24.8. The van der Waals surface area contributed by atoms with Crippen LogP contribution in [0.4, 0.5) is 8.78 Å². The van der Waals surface area contributed by atoms with Crippen LogP contribution in [0.5, 0.6) is 0 Å². The van der Waals surface area contributed by atoms with E-state index in [9.17, 15) is 8.78 Å². The second-order valence-electron chi connectivity index (χ2n) is 9.44. The summed E-state index contributed by atoms with van der Waals surface area (Å²) in [5.41, 5.74) is 3.63. The minimum Gasteiger partial charge on any atom is -0.327 e. The molecule has 0 N–H and O–H groups in total. The van der Waals surface area contributed by atoms with E-state index in [0.717, 1.165) is 47.4 Å². The van der Waals surface area contributed by atoms with Gasteiger partial charge in [0.1, 0.15) is 5.82 Å². The number of fused-ring (bicyclic) bond motifs is 1. The van der Waals surface area contributed by atoms with Crippen molar-refractivity contribution in [3.05, 3.63) is 126 Å². The molecule has 0 aliphatic carbocycles. The average Bonchev–Trinajstić information content (AvgIpc) is 3.32. The summed E-state index contributed by atoms with van der Waals surface area (Å²) < 4.78 is 31.1. The lowest BCUT2D eigenvalue weighted by atomic mass is 10.0. The number of aromatic nitrogens is 2. The Labute approximate surface area is 217 Å². The number of imidazole rings is 1. The fourth-order valence-electron chi connectivity index (χ4n) is 4.90. The summed E-state index contributed by atoms with van der Waals surface area (Å²) in [6, 6.07) is 29.1. The van der Waals surface area contributed by atoms with Gasteiger partial charge in [0.2, 0.25) is 0 Å². The number of halogens is 2. The zero-order chi connectivity index (χ0) is 25.6. The largest absolute Gasteiger partial charge is 0.327 e. The summed E-state index contributed by atoms with van der Waals surface area (Å²) in [5.74, 6) is -0.664. The van der Waals surface area contributed by atoms with Crippen LogP contribution >= 0.6 is 0 Å². The van der Waals surface area contributed by atoms with E-state index in [1.165, 1.54) is 11.5 Å². The first-order valence-electron chi connectivity index (χ1n) is 12.9. The second kappa shape index (κ2) is 11.5. The fourth-order valence-corrected chi connectivity index (χ4v) is 4.90. The minimum absolute atomic E-state index is 0.284. The maximum Gasteiger partial charge on any atom is 0.163 e. The Kier molecular flexibility index (Phi) is 7.71. The van der Waals surface area contributed by atoms with Crippen LogP contribution in [-0.2, 0) is 26.2 Å². The number of rotatable bonds is 10. The van der Waals surface area contributed by atoms with Crippen LogP contribution in [0.25, 0.3) is 22.2 Å². The molecule has 0 spiro atoms. The van der Waals surface area contributed by atoms with Crippen LogP contribution in [-0.4, -0.2) is 14.5 Å². The normalized spacial score (nSPS) is 11.5. The minimum atomic E-state index is -0.818. The van der Waals surface area contributed by atoms with Gasteiger partial charge < -0.3 is 4.57 Å². The molecule has 0 aliphatic heterocycles. The lowest BCUT2D eigenvalue weighted by molar-refractivity contribution is 0.237. The van der Waals surface area contributed by atoms with Gasteiger partial charge >= 0.3 is 0 Å². The van der Waals surface area contributed by atoms with E-state index in [1.807, 2.05) is 36.5 Å². The van der Waals surface area contributed by atoms with Gasteiger partial charge in [-0.25, -0.2) is 13.8 Å². The molecule has 1 heterocycles. The molecule has 0 atom stereocenters. The maximum atomic E-state index is 14.7. The molecule has 4 aromatic carbocycles. The Morgan fingerprint density at radius 2 is 1.46 bits per heavy atom. The predicted octanol–water partition coefficient (Wildman–Crippen LogP) is 7.98.